The van der Waals surface area contributed by atoms with Crippen LogP contribution in [0.25, 0.3) is 0 Å². The molecular weight excluding hydrogens is 289 g/mol. The topological polar surface area (TPSA) is 74.6 Å². The van der Waals surface area contributed by atoms with Crippen LogP contribution < -0.4 is 0 Å². The molecule has 0 rings (SSSR count). The fourth-order valence-corrected chi connectivity index (χ4v) is 2.12. The number of hydrogen-bond acceptors (Lipinski definition) is 2. The van der Waals surface area contributed by atoms with Crippen LogP contribution in [0.1, 0.15) is 64.2 Å². The van der Waals surface area contributed by atoms with Gasteiger partial charge in [0.15, 0.2) is 0 Å². The first-order chi connectivity index (χ1) is 9.72. The van der Waals surface area contributed by atoms with Gasteiger partial charge in [-0.15, -0.1) is 0 Å². The van der Waals surface area contributed by atoms with Crippen LogP contribution in [-0.2, 0) is 9.59 Å². The first-order valence-corrected chi connectivity index (χ1v) is 7.23. The summed E-state index contributed by atoms with van der Waals surface area (Å²) < 4.78 is 35.6. The van der Waals surface area contributed by atoms with Gasteiger partial charge in [-0.3, -0.25) is 9.59 Å². The van der Waals surface area contributed by atoms with Gasteiger partial charge < -0.3 is 10.2 Å². The molecule has 0 heterocycles. The number of aliphatic carboxylic acids is 2. The van der Waals surface area contributed by atoms with Crippen molar-refractivity contribution in [3.8, 4) is 0 Å². The van der Waals surface area contributed by atoms with Gasteiger partial charge in [0.1, 0.15) is 0 Å². The smallest absolute Gasteiger partial charge is 0.389 e. The van der Waals surface area contributed by atoms with Crippen LogP contribution >= 0.6 is 0 Å². The van der Waals surface area contributed by atoms with Crippen LogP contribution in [0.2, 0.25) is 0 Å². The minimum Gasteiger partial charge on any atom is -0.481 e. The number of carboxylic acids is 2. The molecule has 0 bridgehead atoms. The van der Waals surface area contributed by atoms with Crippen molar-refractivity contribution in [1.29, 1.82) is 0 Å². The summed E-state index contributed by atoms with van der Waals surface area (Å²) in [5.41, 5.74) is 0. The molecule has 7 heteroatoms. The minimum atomic E-state index is -4.07. The lowest BCUT2D eigenvalue weighted by Crippen LogP contribution is -2.17. The van der Waals surface area contributed by atoms with Crippen molar-refractivity contribution in [2.45, 2.75) is 70.4 Å². The molecule has 0 aromatic rings. The molecule has 0 aliphatic heterocycles. The second kappa shape index (κ2) is 10.5. The Morgan fingerprint density at radius 3 is 1.76 bits per heavy atom. The van der Waals surface area contributed by atoms with Gasteiger partial charge in [-0.25, -0.2) is 0 Å². The molecule has 4 nitrogen and oxygen atoms in total. The van der Waals surface area contributed by atoms with Crippen molar-refractivity contribution in [2.75, 3.05) is 0 Å². The van der Waals surface area contributed by atoms with E-state index in [2.05, 4.69) is 0 Å². The maximum Gasteiger partial charge on any atom is 0.389 e. The number of rotatable bonds is 12. The van der Waals surface area contributed by atoms with Crippen molar-refractivity contribution in [3.63, 3.8) is 0 Å². The lowest BCUT2D eigenvalue weighted by Gasteiger charge is -2.09. The molecule has 0 fully saturated rings. The molecule has 0 aliphatic rings. The van der Waals surface area contributed by atoms with Crippen LogP contribution in [-0.4, -0.2) is 28.3 Å². The number of carbonyl (C=O) groups is 2. The highest BCUT2D eigenvalue weighted by molar-refractivity contribution is 5.77. The second-order valence-electron chi connectivity index (χ2n) is 5.26. The largest absolute Gasteiger partial charge is 0.481 e. The van der Waals surface area contributed by atoms with Crippen molar-refractivity contribution in [3.05, 3.63) is 0 Å². The zero-order chi connectivity index (χ0) is 16.3. The van der Waals surface area contributed by atoms with E-state index in [1.165, 1.54) is 0 Å². The molecule has 2 N–H and O–H groups in total. The van der Waals surface area contributed by atoms with Gasteiger partial charge in [0.25, 0.3) is 0 Å². The third kappa shape index (κ3) is 13.5. The van der Waals surface area contributed by atoms with Crippen molar-refractivity contribution in [2.24, 2.45) is 5.92 Å². The van der Waals surface area contributed by atoms with E-state index >= 15 is 0 Å². The fourth-order valence-electron chi connectivity index (χ4n) is 2.12. The Balaban J connectivity index is 3.50. The number of halogens is 3. The molecule has 21 heavy (non-hydrogen) atoms. The summed E-state index contributed by atoms with van der Waals surface area (Å²) >= 11 is 0. The third-order valence-corrected chi connectivity index (χ3v) is 3.28. The predicted octanol–water partition coefficient (Wildman–Crippen LogP) is 4.24. The third-order valence-electron chi connectivity index (χ3n) is 3.28. The van der Waals surface area contributed by atoms with Gasteiger partial charge in [0, 0.05) is 6.42 Å². The van der Waals surface area contributed by atoms with Gasteiger partial charge in [-0.2, -0.15) is 13.2 Å². The maximum atomic E-state index is 11.9. The zero-order valence-corrected chi connectivity index (χ0v) is 12.0. The molecule has 1 unspecified atom stereocenters. The van der Waals surface area contributed by atoms with E-state index in [4.69, 9.17) is 10.2 Å². The van der Waals surface area contributed by atoms with Gasteiger partial charge >= 0.3 is 18.1 Å². The summed E-state index contributed by atoms with van der Waals surface area (Å²) in [4.78, 5) is 21.3. The number of unbranched alkanes of at least 4 members (excludes halogenated alkanes) is 6. The van der Waals surface area contributed by atoms with Crippen molar-refractivity contribution < 1.29 is 33.0 Å². The molecule has 0 aliphatic carbocycles. The molecule has 0 radical (unpaired) electrons. The van der Waals surface area contributed by atoms with E-state index < -0.39 is 30.5 Å². The van der Waals surface area contributed by atoms with E-state index in [0.717, 1.165) is 25.7 Å². The van der Waals surface area contributed by atoms with Gasteiger partial charge in [-0.1, -0.05) is 38.5 Å². The number of hydrogen-bond donors (Lipinski definition) is 2. The van der Waals surface area contributed by atoms with Crippen LogP contribution in [0.15, 0.2) is 0 Å². The van der Waals surface area contributed by atoms with E-state index in [9.17, 15) is 22.8 Å². The molecule has 0 saturated heterocycles. The SMILES string of the molecule is O=C(O)CC(CCCCCCCCCC(F)(F)F)C(=O)O. The fraction of sp³-hybridized carbons (Fsp3) is 0.857. The minimum absolute atomic E-state index is 0.156. The Hall–Kier alpha value is -1.27. The number of carboxylic acid groups (broad SMARTS) is 2. The van der Waals surface area contributed by atoms with Gasteiger partial charge in [-0.05, 0) is 12.8 Å². The quantitative estimate of drug-likeness (QED) is 0.529. The second-order valence-corrected chi connectivity index (χ2v) is 5.26. The average Bonchev–Trinajstić information content (AvgIpc) is 2.33. The standard InChI is InChI=1S/C14H23F3O4/c15-14(16,17)9-7-5-3-1-2-4-6-8-11(13(20)21)10-12(18)19/h11H,1-10H2,(H,18,19)(H,20,21). The van der Waals surface area contributed by atoms with E-state index in [0.29, 0.717) is 19.3 Å². The van der Waals surface area contributed by atoms with Crippen LogP contribution in [0.3, 0.4) is 0 Å². The van der Waals surface area contributed by atoms with E-state index in [1.54, 1.807) is 0 Å². The summed E-state index contributed by atoms with van der Waals surface area (Å²) in [6, 6.07) is 0. The molecular formula is C14H23F3O4. The summed E-state index contributed by atoms with van der Waals surface area (Å²) in [5, 5.41) is 17.4. The Labute approximate surface area is 122 Å². The molecule has 0 spiro atoms. The molecule has 0 aromatic heterocycles. The van der Waals surface area contributed by atoms with Gasteiger partial charge in [0.05, 0.1) is 12.3 Å². The van der Waals surface area contributed by atoms with Crippen LogP contribution in [0, 0.1) is 5.92 Å². The van der Waals surface area contributed by atoms with Gasteiger partial charge in [0.2, 0.25) is 0 Å². The Morgan fingerprint density at radius 2 is 1.33 bits per heavy atom. The van der Waals surface area contributed by atoms with E-state index in [-0.39, 0.29) is 12.8 Å². The van der Waals surface area contributed by atoms with Crippen molar-refractivity contribution >= 4 is 11.9 Å². The highest BCUT2D eigenvalue weighted by atomic mass is 19.4. The average molecular weight is 312 g/mol. The lowest BCUT2D eigenvalue weighted by molar-refractivity contribution is -0.148. The van der Waals surface area contributed by atoms with Crippen LogP contribution in [0.4, 0.5) is 13.2 Å². The summed E-state index contributed by atoms with van der Waals surface area (Å²) in [7, 11) is 0. The monoisotopic (exact) mass is 312 g/mol. The molecule has 0 saturated carbocycles. The first kappa shape index (κ1) is 19.7. The summed E-state index contributed by atoms with van der Waals surface area (Å²) in [5.74, 6) is -3.06. The predicted molar refractivity (Wildman–Crippen MR) is 71.0 cm³/mol. The lowest BCUT2D eigenvalue weighted by atomic mass is 9.97. The molecule has 0 amide bonds. The zero-order valence-electron chi connectivity index (χ0n) is 12.0. The summed E-state index contributed by atoms with van der Waals surface area (Å²) in [6.45, 7) is 0. The highest BCUT2D eigenvalue weighted by Crippen LogP contribution is 2.23. The van der Waals surface area contributed by atoms with E-state index in [1.807, 2.05) is 0 Å². The highest BCUT2D eigenvalue weighted by Gasteiger charge is 2.25. The molecule has 124 valence electrons. The Morgan fingerprint density at radius 1 is 0.857 bits per heavy atom. The Bertz CT molecular complexity index is 316. The number of alkyl halides is 3. The normalized spacial score (nSPS) is 13.1. The molecule has 1 atom stereocenters. The Kier molecular flexibility index (Phi) is 9.82. The van der Waals surface area contributed by atoms with Crippen LogP contribution in [0.5, 0.6) is 0 Å². The first-order valence-electron chi connectivity index (χ1n) is 7.23. The molecule has 0 aromatic carbocycles. The van der Waals surface area contributed by atoms with Crippen molar-refractivity contribution in [1.82, 2.24) is 0 Å². The maximum absolute atomic E-state index is 11.9. The summed E-state index contributed by atoms with van der Waals surface area (Å²) in [6.07, 6.45) is -0.316.